The van der Waals surface area contributed by atoms with E-state index in [2.05, 4.69) is 81.2 Å². The largest absolute Gasteiger partial charge is 0.378 e. The SMILES string of the molecule is CC(C)N(C)c1ccc2c(c1)Sc1cc(N(C)C)ccc1C2. The summed E-state index contributed by atoms with van der Waals surface area (Å²) < 4.78 is 0. The van der Waals surface area contributed by atoms with Gasteiger partial charge < -0.3 is 9.80 Å². The Bertz CT molecular complexity index is 692. The Labute approximate surface area is 138 Å². The zero-order chi connectivity index (χ0) is 15.9. The number of fused-ring (bicyclic) bond motifs is 2. The van der Waals surface area contributed by atoms with Gasteiger partial charge in [0.25, 0.3) is 0 Å². The van der Waals surface area contributed by atoms with E-state index in [4.69, 9.17) is 0 Å². The van der Waals surface area contributed by atoms with E-state index < -0.39 is 0 Å². The summed E-state index contributed by atoms with van der Waals surface area (Å²) >= 11 is 1.90. The highest BCUT2D eigenvalue weighted by Gasteiger charge is 2.18. The molecule has 0 amide bonds. The van der Waals surface area contributed by atoms with Crippen LogP contribution in [0, 0.1) is 0 Å². The molecule has 0 spiro atoms. The van der Waals surface area contributed by atoms with Crippen LogP contribution in [0.15, 0.2) is 46.2 Å². The van der Waals surface area contributed by atoms with Crippen LogP contribution < -0.4 is 9.80 Å². The highest BCUT2D eigenvalue weighted by Crippen LogP contribution is 2.42. The molecule has 2 aromatic rings. The van der Waals surface area contributed by atoms with Gasteiger partial charge in [0, 0.05) is 48.4 Å². The molecule has 2 aromatic carbocycles. The van der Waals surface area contributed by atoms with Crippen molar-refractivity contribution in [3.05, 3.63) is 47.5 Å². The zero-order valence-electron chi connectivity index (χ0n) is 14.1. The molecule has 1 aliphatic heterocycles. The Morgan fingerprint density at radius 2 is 1.41 bits per heavy atom. The Kier molecular flexibility index (Phi) is 4.09. The van der Waals surface area contributed by atoms with Gasteiger partial charge in [0.1, 0.15) is 0 Å². The Balaban J connectivity index is 1.94. The molecule has 0 atom stereocenters. The molecule has 3 rings (SSSR count). The highest BCUT2D eigenvalue weighted by molar-refractivity contribution is 7.99. The molecule has 0 N–H and O–H groups in total. The summed E-state index contributed by atoms with van der Waals surface area (Å²) in [5.41, 5.74) is 5.45. The predicted octanol–water partition coefficient (Wildman–Crippen LogP) is 4.65. The van der Waals surface area contributed by atoms with Gasteiger partial charge in [-0.3, -0.25) is 0 Å². The molecule has 0 unspecified atom stereocenters. The lowest BCUT2D eigenvalue weighted by molar-refractivity contribution is 0.753. The number of anilines is 2. The molecule has 0 bridgehead atoms. The highest BCUT2D eigenvalue weighted by atomic mass is 32.2. The third kappa shape index (κ3) is 2.82. The molecule has 3 heteroatoms. The first kappa shape index (κ1) is 15.3. The standard InChI is InChI=1S/C19H24N2S/c1-13(2)21(5)17-9-7-15-10-14-6-8-16(20(3)4)11-18(14)22-19(15)12-17/h6-9,11-13H,10H2,1-5H3. The monoisotopic (exact) mass is 312 g/mol. The minimum atomic E-state index is 0.513. The molecule has 1 aliphatic rings. The fourth-order valence-corrected chi connectivity index (χ4v) is 3.83. The van der Waals surface area contributed by atoms with E-state index in [1.807, 2.05) is 11.8 Å². The van der Waals surface area contributed by atoms with E-state index >= 15 is 0 Å². The van der Waals surface area contributed by atoms with Gasteiger partial charge in [-0.25, -0.2) is 0 Å². The lowest BCUT2D eigenvalue weighted by Crippen LogP contribution is -2.25. The smallest absolute Gasteiger partial charge is 0.0377 e. The van der Waals surface area contributed by atoms with Gasteiger partial charge >= 0.3 is 0 Å². The first-order valence-electron chi connectivity index (χ1n) is 7.79. The van der Waals surface area contributed by atoms with Gasteiger partial charge in [0.2, 0.25) is 0 Å². The lowest BCUT2D eigenvalue weighted by Gasteiger charge is -2.27. The topological polar surface area (TPSA) is 6.48 Å². The molecule has 0 saturated carbocycles. The normalized spacial score (nSPS) is 12.8. The summed E-state index contributed by atoms with van der Waals surface area (Å²) in [5, 5.41) is 0. The van der Waals surface area contributed by atoms with E-state index in [1.165, 1.54) is 32.3 Å². The van der Waals surface area contributed by atoms with Crippen molar-refractivity contribution >= 4 is 23.1 Å². The van der Waals surface area contributed by atoms with Crippen molar-refractivity contribution in [2.24, 2.45) is 0 Å². The summed E-state index contributed by atoms with van der Waals surface area (Å²) in [6.45, 7) is 4.45. The third-order valence-electron chi connectivity index (χ3n) is 4.40. The van der Waals surface area contributed by atoms with E-state index in [0.717, 1.165) is 6.42 Å². The van der Waals surface area contributed by atoms with Crippen LogP contribution in [0.2, 0.25) is 0 Å². The summed E-state index contributed by atoms with van der Waals surface area (Å²) in [4.78, 5) is 7.28. The van der Waals surface area contributed by atoms with E-state index in [-0.39, 0.29) is 0 Å². The maximum Gasteiger partial charge on any atom is 0.0377 e. The summed E-state index contributed by atoms with van der Waals surface area (Å²) in [5.74, 6) is 0. The first-order chi connectivity index (χ1) is 10.5. The van der Waals surface area contributed by atoms with Crippen molar-refractivity contribution in [3.63, 3.8) is 0 Å². The number of hydrogen-bond donors (Lipinski definition) is 0. The number of nitrogens with zero attached hydrogens (tertiary/aromatic N) is 2. The van der Waals surface area contributed by atoms with Gasteiger partial charge in [-0.15, -0.1) is 0 Å². The molecule has 0 radical (unpaired) electrons. The lowest BCUT2D eigenvalue weighted by atomic mass is 10.0. The van der Waals surface area contributed by atoms with E-state index in [9.17, 15) is 0 Å². The van der Waals surface area contributed by atoms with Crippen molar-refractivity contribution in [1.29, 1.82) is 0 Å². The first-order valence-corrected chi connectivity index (χ1v) is 8.61. The van der Waals surface area contributed by atoms with Gasteiger partial charge in [-0.05, 0) is 55.7 Å². The quantitative estimate of drug-likeness (QED) is 0.695. The van der Waals surface area contributed by atoms with E-state index in [1.54, 1.807) is 0 Å². The molecular formula is C19H24N2S. The van der Waals surface area contributed by atoms with Crippen LogP contribution >= 0.6 is 11.8 Å². The number of hydrogen-bond acceptors (Lipinski definition) is 3. The van der Waals surface area contributed by atoms with Gasteiger partial charge in [0.05, 0.1) is 0 Å². The summed E-state index contributed by atoms with van der Waals surface area (Å²) in [6, 6.07) is 14.2. The molecule has 0 aliphatic carbocycles. The minimum Gasteiger partial charge on any atom is -0.378 e. The zero-order valence-corrected chi connectivity index (χ0v) is 14.9. The second kappa shape index (κ2) is 5.88. The van der Waals surface area contributed by atoms with Crippen molar-refractivity contribution in [2.45, 2.75) is 36.1 Å². The van der Waals surface area contributed by atoms with Crippen molar-refractivity contribution in [3.8, 4) is 0 Å². The molecule has 0 aromatic heterocycles. The fourth-order valence-electron chi connectivity index (χ4n) is 2.69. The molecule has 1 heterocycles. The summed E-state index contributed by atoms with van der Waals surface area (Å²) in [7, 11) is 6.36. The Morgan fingerprint density at radius 1 is 0.864 bits per heavy atom. The van der Waals surface area contributed by atoms with Gasteiger partial charge in [-0.1, -0.05) is 23.9 Å². The molecule has 116 valence electrons. The van der Waals surface area contributed by atoms with Crippen LogP contribution in [0.1, 0.15) is 25.0 Å². The number of rotatable bonds is 3. The molecule has 22 heavy (non-hydrogen) atoms. The van der Waals surface area contributed by atoms with Crippen molar-refractivity contribution < 1.29 is 0 Å². The van der Waals surface area contributed by atoms with Crippen LogP contribution in [0.4, 0.5) is 11.4 Å². The molecule has 0 saturated heterocycles. The fraction of sp³-hybridized carbons (Fsp3) is 0.368. The Hall–Kier alpha value is -1.61. The maximum absolute atomic E-state index is 2.34. The van der Waals surface area contributed by atoms with Crippen LogP contribution in [0.3, 0.4) is 0 Å². The van der Waals surface area contributed by atoms with Gasteiger partial charge in [-0.2, -0.15) is 0 Å². The average molecular weight is 312 g/mol. The minimum absolute atomic E-state index is 0.513. The van der Waals surface area contributed by atoms with E-state index in [0.29, 0.717) is 6.04 Å². The predicted molar refractivity (Wildman–Crippen MR) is 97.7 cm³/mol. The Morgan fingerprint density at radius 3 is 1.95 bits per heavy atom. The maximum atomic E-state index is 2.34. The van der Waals surface area contributed by atoms with Crippen LogP contribution in [0.5, 0.6) is 0 Å². The average Bonchev–Trinajstić information content (AvgIpc) is 2.50. The second-order valence-electron chi connectivity index (χ2n) is 6.46. The molecule has 2 nitrogen and oxygen atoms in total. The van der Waals surface area contributed by atoms with Crippen molar-refractivity contribution in [2.75, 3.05) is 30.9 Å². The third-order valence-corrected chi connectivity index (χ3v) is 5.60. The number of benzene rings is 2. The van der Waals surface area contributed by atoms with Crippen LogP contribution in [-0.2, 0) is 6.42 Å². The van der Waals surface area contributed by atoms with Crippen molar-refractivity contribution in [1.82, 2.24) is 0 Å². The molecular weight excluding hydrogens is 288 g/mol. The summed E-state index contributed by atoms with van der Waals surface area (Å²) in [6.07, 6.45) is 1.04. The van der Waals surface area contributed by atoms with Crippen LogP contribution in [0.25, 0.3) is 0 Å². The molecule has 0 fully saturated rings. The second-order valence-corrected chi connectivity index (χ2v) is 7.55. The van der Waals surface area contributed by atoms with Crippen LogP contribution in [-0.4, -0.2) is 27.2 Å². The van der Waals surface area contributed by atoms with Gasteiger partial charge in [0.15, 0.2) is 0 Å².